The van der Waals surface area contributed by atoms with Crippen molar-refractivity contribution in [3.8, 4) is 0 Å². The summed E-state index contributed by atoms with van der Waals surface area (Å²) in [7, 11) is 0. The fourth-order valence-corrected chi connectivity index (χ4v) is 4.49. The molecular formula is C25H33FN2. The zero-order chi connectivity index (χ0) is 20.5. The first-order valence-corrected chi connectivity index (χ1v) is 10.5. The molecule has 3 rings (SSSR count). The predicted octanol–water partition coefficient (Wildman–Crippen LogP) is 7.20. The molecule has 2 atom stereocenters. The van der Waals surface area contributed by atoms with Gasteiger partial charge in [0, 0.05) is 29.5 Å². The van der Waals surface area contributed by atoms with Crippen molar-refractivity contribution in [3.05, 3.63) is 58.9 Å². The highest BCUT2D eigenvalue weighted by Gasteiger charge is 2.36. The van der Waals surface area contributed by atoms with Gasteiger partial charge in [0.1, 0.15) is 5.82 Å². The summed E-state index contributed by atoms with van der Waals surface area (Å²) in [6.45, 7) is 14.2. The molecule has 1 aliphatic heterocycles. The molecule has 0 radical (unpaired) electrons. The summed E-state index contributed by atoms with van der Waals surface area (Å²) in [5.74, 6) is 0.737. The van der Waals surface area contributed by atoms with Crippen LogP contribution in [-0.2, 0) is 0 Å². The third-order valence-corrected chi connectivity index (χ3v) is 6.25. The Morgan fingerprint density at radius 2 is 1.89 bits per heavy atom. The van der Waals surface area contributed by atoms with Crippen molar-refractivity contribution in [3.63, 3.8) is 0 Å². The first-order chi connectivity index (χ1) is 13.3. The van der Waals surface area contributed by atoms with Crippen molar-refractivity contribution >= 4 is 17.6 Å². The number of halogens is 1. The molecule has 2 unspecified atom stereocenters. The average molecular weight is 381 g/mol. The molecule has 0 fully saturated rings. The summed E-state index contributed by atoms with van der Waals surface area (Å²) >= 11 is 0. The van der Waals surface area contributed by atoms with Crippen molar-refractivity contribution in [1.29, 1.82) is 0 Å². The van der Waals surface area contributed by atoms with Crippen LogP contribution >= 0.6 is 0 Å². The Labute approximate surface area is 169 Å². The van der Waals surface area contributed by atoms with E-state index in [2.05, 4.69) is 63.6 Å². The maximum Gasteiger partial charge on any atom is 0.134 e. The van der Waals surface area contributed by atoms with Gasteiger partial charge in [-0.3, -0.25) is 4.99 Å². The van der Waals surface area contributed by atoms with Gasteiger partial charge < -0.3 is 4.90 Å². The molecule has 0 N–H and O–H groups in total. The van der Waals surface area contributed by atoms with E-state index in [4.69, 9.17) is 0 Å². The SMILES string of the molecule is CCC(C)c1ccc(N=Cc2cc3c(cc2F)N(CC)C(C)(C)CC3C)cc1. The smallest absolute Gasteiger partial charge is 0.134 e. The second-order valence-corrected chi connectivity index (χ2v) is 8.75. The number of hydrogen-bond acceptors (Lipinski definition) is 2. The molecule has 0 bridgehead atoms. The second-order valence-electron chi connectivity index (χ2n) is 8.75. The Morgan fingerprint density at radius 1 is 1.21 bits per heavy atom. The summed E-state index contributed by atoms with van der Waals surface area (Å²) in [5, 5.41) is 0. The first-order valence-electron chi connectivity index (χ1n) is 10.5. The van der Waals surface area contributed by atoms with E-state index in [0.717, 1.165) is 30.8 Å². The Morgan fingerprint density at radius 3 is 2.50 bits per heavy atom. The third-order valence-electron chi connectivity index (χ3n) is 6.25. The second kappa shape index (κ2) is 8.06. The normalized spacial score (nSPS) is 19.7. The molecule has 3 heteroatoms. The van der Waals surface area contributed by atoms with Gasteiger partial charge in [-0.2, -0.15) is 0 Å². The van der Waals surface area contributed by atoms with E-state index in [1.807, 2.05) is 18.2 Å². The molecule has 2 aromatic rings. The summed E-state index contributed by atoms with van der Waals surface area (Å²) in [6.07, 6.45) is 3.84. The Balaban J connectivity index is 1.90. The molecule has 1 heterocycles. The summed E-state index contributed by atoms with van der Waals surface area (Å²) < 4.78 is 14.9. The van der Waals surface area contributed by atoms with Crippen LogP contribution in [0.5, 0.6) is 0 Å². The molecular weight excluding hydrogens is 347 g/mol. The third kappa shape index (κ3) is 3.99. The maximum atomic E-state index is 14.9. The number of anilines is 1. The minimum atomic E-state index is -0.206. The maximum absolute atomic E-state index is 14.9. The molecule has 150 valence electrons. The molecule has 0 saturated carbocycles. The van der Waals surface area contributed by atoms with Gasteiger partial charge >= 0.3 is 0 Å². The van der Waals surface area contributed by atoms with Crippen LogP contribution in [0.4, 0.5) is 15.8 Å². The molecule has 28 heavy (non-hydrogen) atoms. The molecule has 0 spiro atoms. The number of benzene rings is 2. The minimum Gasteiger partial charge on any atom is -0.366 e. The molecule has 0 saturated heterocycles. The van der Waals surface area contributed by atoms with Gasteiger partial charge in [-0.05, 0) is 80.8 Å². The average Bonchev–Trinajstić information content (AvgIpc) is 2.66. The number of hydrogen-bond donors (Lipinski definition) is 0. The van der Waals surface area contributed by atoms with Gasteiger partial charge in [-0.15, -0.1) is 0 Å². The Hall–Kier alpha value is -2.16. The van der Waals surface area contributed by atoms with E-state index in [1.54, 1.807) is 12.3 Å². The summed E-state index contributed by atoms with van der Waals surface area (Å²) in [4.78, 5) is 6.85. The van der Waals surface area contributed by atoms with Crippen LogP contribution in [-0.4, -0.2) is 18.3 Å². The van der Waals surface area contributed by atoms with Gasteiger partial charge in [0.05, 0.1) is 5.69 Å². The Bertz CT molecular complexity index is 852. The van der Waals surface area contributed by atoms with Crippen LogP contribution in [0.25, 0.3) is 0 Å². The van der Waals surface area contributed by atoms with Crippen LogP contribution in [0, 0.1) is 5.82 Å². The van der Waals surface area contributed by atoms with Crippen LogP contribution < -0.4 is 4.90 Å². The van der Waals surface area contributed by atoms with E-state index < -0.39 is 0 Å². The number of fused-ring (bicyclic) bond motifs is 1. The van der Waals surface area contributed by atoms with Crippen molar-refractivity contribution in [2.45, 2.75) is 71.8 Å². The number of aliphatic imine (C=N–C) groups is 1. The molecule has 0 amide bonds. The lowest BCUT2D eigenvalue weighted by atomic mass is 9.79. The summed E-state index contributed by atoms with van der Waals surface area (Å²) in [5.41, 5.74) is 5.02. The van der Waals surface area contributed by atoms with E-state index in [9.17, 15) is 4.39 Å². The van der Waals surface area contributed by atoms with Crippen molar-refractivity contribution in [2.24, 2.45) is 4.99 Å². The van der Waals surface area contributed by atoms with Gasteiger partial charge in [0.25, 0.3) is 0 Å². The lowest BCUT2D eigenvalue weighted by molar-refractivity contribution is 0.380. The van der Waals surface area contributed by atoms with E-state index >= 15 is 0 Å². The van der Waals surface area contributed by atoms with E-state index in [-0.39, 0.29) is 11.4 Å². The fraction of sp³-hybridized carbons (Fsp3) is 0.480. The monoisotopic (exact) mass is 380 g/mol. The number of rotatable bonds is 5. The highest BCUT2D eigenvalue weighted by molar-refractivity contribution is 5.84. The molecule has 1 aliphatic rings. The van der Waals surface area contributed by atoms with Crippen LogP contribution in [0.15, 0.2) is 41.4 Å². The highest BCUT2D eigenvalue weighted by atomic mass is 19.1. The summed E-state index contributed by atoms with van der Waals surface area (Å²) in [6, 6.07) is 11.9. The van der Waals surface area contributed by atoms with E-state index in [0.29, 0.717) is 17.4 Å². The van der Waals surface area contributed by atoms with E-state index in [1.165, 1.54) is 11.1 Å². The lowest BCUT2D eigenvalue weighted by Gasteiger charge is -2.47. The largest absolute Gasteiger partial charge is 0.366 e. The van der Waals surface area contributed by atoms with Crippen LogP contribution in [0.1, 0.15) is 82.9 Å². The highest BCUT2D eigenvalue weighted by Crippen LogP contribution is 2.43. The zero-order valence-corrected chi connectivity index (χ0v) is 18.1. The molecule has 2 nitrogen and oxygen atoms in total. The minimum absolute atomic E-state index is 0.0422. The van der Waals surface area contributed by atoms with Crippen LogP contribution in [0.3, 0.4) is 0 Å². The molecule has 0 aromatic heterocycles. The van der Waals surface area contributed by atoms with Crippen molar-refractivity contribution in [2.75, 3.05) is 11.4 Å². The topological polar surface area (TPSA) is 15.6 Å². The van der Waals surface area contributed by atoms with Crippen molar-refractivity contribution in [1.82, 2.24) is 0 Å². The van der Waals surface area contributed by atoms with Gasteiger partial charge in [-0.1, -0.05) is 32.9 Å². The van der Waals surface area contributed by atoms with Gasteiger partial charge in [-0.25, -0.2) is 4.39 Å². The standard InChI is InChI=1S/C25H33FN2/c1-7-17(3)19-9-11-21(12-10-19)27-16-20-13-22-18(4)15-25(5,6)28(8-2)24(22)14-23(20)26/h9-14,16-18H,7-8,15H2,1-6H3. The molecule has 2 aromatic carbocycles. The van der Waals surface area contributed by atoms with Gasteiger partial charge in [0.2, 0.25) is 0 Å². The number of nitrogens with zero attached hydrogens (tertiary/aromatic N) is 2. The predicted molar refractivity (Wildman–Crippen MR) is 119 cm³/mol. The first kappa shape index (κ1) is 20.6. The Kier molecular flexibility index (Phi) is 5.92. The zero-order valence-electron chi connectivity index (χ0n) is 18.1. The lowest BCUT2D eigenvalue weighted by Crippen LogP contribution is -2.48. The van der Waals surface area contributed by atoms with Gasteiger partial charge in [0.15, 0.2) is 0 Å². The fourth-order valence-electron chi connectivity index (χ4n) is 4.49. The van der Waals surface area contributed by atoms with Crippen molar-refractivity contribution < 1.29 is 4.39 Å². The molecule has 0 aliphatic carbocycles. The quantitative estimate of drug-likeness (QED) is 0.501. The van der Waals surface area contributed by atoms with Crippen LogP contribution in [0.2, 0.25) is 0 Å².